The van der Waals surface area contributed by atoms with Crippen LogP contribution in [0.1, 0.15) is 33.9 Å². The van der Waals surface area contributed by atoms with Crippen LogP contribution in [0.2, 0.25) is 0 Å². The summed E-state index contributed by atoms with van der Waals surface area (Å²) in [5, 5.41) is 10.4. The minimum Gasteiger partial charge on any atom is -0.493 e. The summed E-state index contributed by atoms with van der Waals surface area (Å²) in [5.74, 6) is 0.869. The van der Waals surface area contributed by atoms with Gasteiger partial charge >= 0.3 is 0 Å². The number of methoxy groups -OCH3 is 2. The van der Waals surface area contributed by atoms with Gasteiger partial charge in [0.05, 0.1) is 32.9 Å². The topological polar surface area (TPSA) is 62.2 Å². The average Bonchev–Trinajstić information content (AvgIpc) is 2.92. The molecular weight excluding hydrogens is 495 g/mol. The summed E-state index contributed by atoms with van der Waals surface area (Å²) in [6, 6.07) is 17.7. The highest BCUT2D eigenvalue weighted by Crippen LogP contribution is 2.39. The van der Waals surface area contributed by atoms with E-state index >= 15 is 0 Å². The fourth-order valence-electron chi connectivity index (χ4n) is 5.51. The Morgan fingerprint density at radius 2 is 1.68 bits per heavy atom. The molecule has 3 aromatic carbocycles. The smallest absolute Gasteiger partial charge is 0.240 e. The predicted molar refractivity (Wildman–Crippen MR) is 142 cm³/mol. The molecule has 0 bridgehead atoms. The summed E-state index contributed by atoms with van der Waals surface area (Å²) in [6.45, 7) is 1.17. The Morgan fingerprint density at radius 3 is 2.38 bits per heavy atom. The highest BCUT2D eigenvalue weighted by Gasteiger charge is 2.39. The molecule has 5 rings (SSSR count). The number of amides is 1. The van der Waals surface area contributed by atoms with Crippen LogP contribution in [0, 0.1) is 5.82 Å². The Kier molecular flexibility index (Phi) is 8.37. The van der Waals surface area contributed by atoms with Crippen molar-refractivity contribution in [3.8, 4) is 11.5 Å². The van der Waals surface area contributed by atoms with Crippen LogP contribution < -0.4 is 9.47 Å². The zero-order valence-corrected chi connectivity index (χ0v) is 21.8. The second-order valence-corrected chi connectivity index (χ2v) is 9.37. The number of aliphatic hydroxyl groups is 1. The van der Waals surface area contributed by atoms with Crippen LogP contribution in [0.4, 0.5) is 4.39 Å². The quantitative estimate of drug-likeness (QED) is 0.518. The Labute approximate surface area is 223 Å². The monoisotopic (exact) mass is 526 g/mol. The Hall–Kier alpha value is -3.13. The van der Waals surface area contributed by atoms with Crippen molar-refractivity contribution >= 4 is 18.3 Å². The molecule has 0 spiro atoms. The highest BCUT2D eigenvalue weighted by molar-refractivity contribution is 5.85. The van der Waals surface area contributed by atoms with E-state index in [4.69, 9.17) is 9.47 Å². The summed E-state index contributed by atoms with van der Waals surface area (Å²) in [6.07, 6.45) is 1.19. The molecule has 2 aliphatic rings. The molecule has 2 aliphatic heterocycles. The lowest BCUT2D eigenvalue weighted by Crippen LogP contribution is -2.54. The van der Waals surface area contributed by atoms with Gasteiger partial charge in [0.15, 0.2) is 11.5 Å². The van der Waals surface area contributed by atoms with Crippen LogP contribution in [0.25, 0.3) is 0 Å². The first kappa shape index (κ1) is 26.9. The van der Waals surface area contributed by atoms with Gasteiger partial charge in [0.1, 0.15) is 5.82 Å². The van der Waals surface area contributed by atoms with Crippen molar-refractivity contribution in [2.75, 3.05) is 27.4 Å². The average molecular weight is 527 g/mol. The number of nitrogens with zero attached hydrogens (tertiary/aromatic N) is 2. The number of ether oxygens (including phenoxy) is 2. The minimum absolute atomic E-state index is 0. The van der Waals surface area contributed by atoms with Gasteiger partial charge in [0.2, 0.25) is 5.91 Å². The lowest BCUT2D eigenvalue weighted by Gasteiger charge is -2.43. The van der Waals surface area contributed by atoms with Crippen molar-refractivity contribution in [2.45, 2.75) is 38.0 Å². The molecule has 0 radical (unpaired) electrons. The molecule has 0 saturated carbocycles. The van der Waals surface area contributed by atoms with Gasteiger partial charge in [0, 0.05) is 25.2 Å². The van der Waals surface area contributed by atoms with E-state index in [0.29, 0.717) is 49.5 Å². The number of aliphatic hydroxyl groups excluding tert-OH is 1. The summed E-state index contributed by atoms with van der Waals surface area (Å²) < 4.78 is 25.5. The number of carbonyl (C=O) groups excluding carboxylic acids is 1. The molecular formula is C29H32ClFN2O4. The van der Waals surface area contributed by atoms with Gasteiger partial charge in [-0.1, -0.05) is 42.5 Å². The van der Waals surface area contributed by atoms with Crippen LogP contribution >= 0.6 is 12.4 Å². The van der Waals surface area contributed by atoms with E-state index in [1.807, 2.05) is 30.3 Å². The Balaban J connectivity index is 0.00000320. The predicted octanol–water partition coefficient (Wildman–Crippen LogP) is 4.31. The maximum atomic E-state index is 14.6. The lowest BCUT2D eigenvalue weighted by molar-refractivity contribution is -0.142. The molecule has 3 aromatic rings. The number of rotatable bonds is 6. The summed E-state index contributed by atoms with van der Waals surface area (Å²) in [4.78, 5) is 18.0. The molecule has 8 heteroatoms. The van der Waals surface area contributed by atoms with E-state index in [1.54, 1.807) is 31.3 Å². The maximum absolute atomic E-state index is 14.6. The molecule has 0 aliphatic carbocycles. The third-order valence-electron chi connectivity index (χ3n) is 7.42. The molecule has 2 atom stereocenters. The van der Waals surface area contributed by atoms with Crippen molar-refractivity contribution in [3.05, 3.63) is 94.3 Å². The zero-order valence-electron chi connectivity index (χ0n) is 21.0. The standard InChI is InChI=1S/C29H31FN2O4.ClH/c1-35-27-14-20-11-12-32(26(18-33)23(20)15-28(27)36-2)29(34)25-13-19-7-3-4-8-21(19)16-31(25)17-22-9-5-6-10-24(22)30;/h3-10,14-15,25-26,33H,11-13,16-18H2,1-2H3;1H/t25?,26-;/m1./s1. The van der Waals surface area contributed by atoms with E-state index in [0.717, 1.165) is 22.3 Å². The van der Waals surface area contributed by atoms with Gasteiger partial charge in [-0.3, -0.25) is 9.69 Å². The molecule has 0 fully saturated rings. The second-order valence-electron chi connectivity index (χ2n) is 9.37. The van der Waals surface area contributed by atoms with E-state index in [9.17, 15) is 14.3 Å². The molecule has 37 heavy (non-hydrogen) atoms. The van der Waals surface area contributed by atoms with Crippen LogP contribution in [-0.2, 0) is 30.7 Å². The van der Waals surface area contributed by atoms with E-state index < -0.39 is 12.1 Å². The second kappa shape index (κ2) is 11.5. The van der Waals surface area contributed by atoms with Crippen LogP contribution in [0.15, 0.2) is 60.7 Å². The number of fused-ring (bicyclic) bond motifs is 2. The molecule has 196 valence electrons. The number of hydrogen-bond donors (Lipinski definition) is 1. The zero-order chi connectivity index (χ0) is 25.2. The van der Waals surface area contributed by atoms with Crippen molar-refractivity contribution in [1.82, 2.24) is 9.80 Å². The van der Waals surface area contributed by atoms with Gasteiger partial charge in [0.25, 0.3) is 0 Å². The lowest BCUT2D eigenvalue weighted by atomic mass is 9.89. The van der Waals surface area contributed by atoms with Crippen molar-refractivity contribution in [1.29, 1.82) is 0 Å². The first-order chi connectivity index (χ1) is 17.5. The molecule has 1 unspecified atom stereocenters. The molecule has 1 N–H and O–H groups in total. The van der Waals surface area contributed by atoms with Crippen LogP contribution in [0.3, 0.4) is 0 Å². The van der Waals surface area contributed by atoms with E-state index in [-0.39, 0.29) is 30.7 Å². The minimum atomic E-state index is -0.492. The number of hydrogen-bond acceptors (Lipinski definition) is 5. The van der Waals surface area contributed by atoms with Crippen LogP contribution in [-0.4, -0.2) is 54.2 Å². The third-order valence-corrected chi connectivity index (χ3v) is 7.42. The van der Waals surface area contributed by atoms with Gasteiger partial charge in [-0.15, -0.1) is 12.4 Å². The van der Waals surface area contributed by atoms with Gasteiger partial charge < -0.3 is 19.5 Å². The molecule has 2 heterocycles. The number of benzene rings is 3. The van der Waals surface area contributed by atoms with Gasteiger partial charge in [-0.05, 0) is 53.3 Å². The summed E-state index contributed by atoms with van der Waals surface area (Å²) >= 11 is 0. The SMILES string of the molecule is COc1cc2c(cc1OC)[C@@H](CO)N(C(=O)C1Cc3ccccc3CN1Cc1ccccc1F)CC2.Cl. The Morgan fingerprint density at radius 1 is 1.00 bits per heavy atom. The fourth-order valence-corrected chi connectivity index (χ4v) is 5.51. The van der Waals surface area contributed by atoms with E-state index in [1.165, 1.54) is 6.07 Å². The van der Waals surface area contributed by atoms with Gasteiger partial charge in [-0.25, -0.2) is 4.39 Å². The van der Waals surface area contributed by atoms with Gasteiger partial charge in [-0.2, -0.15) is 0 Å². The molecule has 0 aromatic heterocycles. The van der Waals surface area contributed by atoms with Crippen molar-refractivity contribution in [2.24, 2.45) is 0 Å². The fraction of sp³-hybridized carbons (Fsp3) is 0.345. The highest BCUT2D eigenvalue weighted by atomic mass is 35.5. The molecule has 0 saturated heterocycles. The first-order valence-electron chi connectivity index (χ1n) is 12.2. The number of carbonyl (C=O) groups is 1. The van der Waals surface area contributed by atoms with Crippen LogP contribution in [0.5, 0.6) is 11.5 Å². The largest absolute Gasteiger partial charge is 0.493 e. The first-order valence-corrected chi connectivity index (χ1v) is 12.2. The summed E-state index contributed by atoms with van der Waals surface area (Å²) in [5.41, 5.74) is 4.75. The molecule has 1 amide bonds. The maximum Gasteiger partial charge on any atom is 0.240 e. The van der Waals surface area contributed by atoms with Crippen molar-refractivity contribution < 1.29 is 23.8 Å². The van der Waals surface area contributed by atoms with E-state index in [2.05, 4.69) is 17.0 Å². The van der Waals surface area contributed by atoms with Crippen molar-refractivity contribution in [3.63, 3.8) is 0 Å². The Bertz CT molecular complexity index is 1270. The molecule has 6 nitrogen and oxygen atoms in total. The third kappa shape index (κ3) is 5.17. The normalized spacial score (nSPS) is 18.9. The summed E-state index contributed by atoms with van der Waals surface area (Å²) in [7, 11) is 3.17. The number of halogens is 2.